The summed E-state index contributed by atoms with van der Waals surface area (Å²) >= 11 is 3.30. The highest BCUT2D eigenvalue weighted by atomic mass is 79.9. The third-order valence-corrected chi connectivity index (χ3v) is 1.85. The maximum absolute atomic E-state index is 8.50. The molecule has 0 aliphatic carbocycles. The van der Waals surface area contributed by atoms with Gasteiger partial charge in [-0.15, -0.1) is 0 Å². The van der Waals surface area contributed by atoms with E-state index in [1.165, 1.54) is 0 Å². The molecule has 0 bridgehead atoms. The van der Waals surface area contributed by atoms with Crippen LogP contribution in [-0.2, 0) is 6.54 Å². The van der Waals surface area contributed by atoms with Crippen molar-refractivity contribution in [3.8, 4) is 0 Å². The molecule has 0 atom stereocenters. The zero-order valence-electron chi connectivity index (χ0n) is 6.63. The second kappa shape index (κ2) is 5.24. The second-order valence-electron chi connectivity index (χ2n) is 2.37. The largest absolute Gasteiger partial charge is 0.395 e. The fraction of sp³-hybridized carbons (Fsp3) is 0.375. The van der Waals surface area contributed by atoms with Gasteiger partial charge in [-0.05, 0) is 28.1 Å². The van der Waals surface area contributed by atoms with Crippen molar-refractivity contribution < 1.29 is 5.11 Å². The number of pyridine rings is 1. The predicted molar refractivity (Wildman–Crippen MR) is 50.7 cm³/mol. The lowest BCUT2D eigenvalue weighted by Crippen LogP contribution is -2.17. The zero-order chi connectivity index (χ0) is 8.81. The van der Waals surface area contributed by atoms with Crippen LogP contribution < -0.4 is 5.32 Å². The molecule has 0 aliphatic heterocycles. The third-order valence-electron chi connectivity index (χ3n) is 1.38. The van der Waals surface area contributed by atoms with Crippen LogP contribution in [0, 0.1) is 0 Å². The highest BCUT2D eigenvalue weighted by Gasteiger charge is 1.92. The molecule has 0 unspecified atom stereocenters. The number of aliphatic hydroxyl groups excluding tert-OH is 1. The van der Waals surface area contributed by atoms with Crippen molar-refractivity contribution in [1.29, 1.82) is 0 Å². The topological polar surface area (TPSA) is 45.1 Å². The summed E-state index contributed by atoms with van der Waals surface area (Å²) in [5, 5.41) is 11.5. The van der Waals surface area contributed by atoms with Crippen LogP contribution in [0.5, 0.6) is 0 Å². The van der Waals surface area contributed by atoms with Crippen LogP contribution >= 0.6 is 15.9 Å². The third kappa shape index (κ3) is 3.30. The molecule has 0 saturated heterocycles. The van der Waals surface area contributed by atoms with E-state index in [1.54, 1.807) is 6.20 Å². The summed E-state index contributed by atoms with van der Waals surface area (Å²) in [5.74, 6) is 0. The predicted octanol–water partition coefficient (Wildman–Crippen LogP) is 0.926. The van der Waals surface area contributed by atoms with E-state index in [-0.39, 0.29) is 6.61 Å². The molecule has 0 aromatic carbocycles. The Hall–Kier alpha value is -0.450. The molecule has 0 amide bonds. The molecule has 1 aromatic rings. The molecule has 4 heteroatoms. The number of nitrogens with one attached hydrogen (secondary N) is 1. The first kappa shape index (κ1) is 9.64. The lowest BCUT2D eigenvalue weighted by atomic mass is 10.3. The van der Waals surface area contributed by atoms with Crippen molar-refractivity contribution in [2.75, 3.05) is 13.2 Å². The normalized spacial score (nSPS) is 10.2. The second-order valence-corrected chi connectivity index (χ2v) is 3.28. The number of nitrogens with zero attached hydrogens (tertiary/aromatic N) is 1. The first-order chi connectivity index (χ1) is 5.83. The first-order valence-electron chi connectivity index (χ1n) is 3.75. The Labute approximate surface area is 80.0 Å². The number of aliphatic hydroxyl groups is 1. The van der Waals surface area contributed by atoms with Gasteiger partial charge in [0.05, 0.1) is 12.3 Å². The van der Waals surface area contributed by atoms with Crippen molar-refractivity contribution in [2.24, 2.45) is 0 Å². The average molecular weight is 231 g/mol. The summed E-state index contributed by atoms with van der Waals surface area (Å²) < 4.78 is 0.980. The van der Waals surface area contributed by atoms with Crippen LogP contribution in [0.25, 0.3) is 0 Å². The van der Waals surface area contributed by atoms with Gasteiger partial charge in [0, 0.05) is 23.8 Å². The highest BCUT2D eigenvalue weighted by molar-refractivity contribution is 9.10. The summed E-state index contributed by atoms with van der Waals surface area (Å²) in [7, 11) is 0. The van der Waals surface area contributed by atoms with Crippen molar-refractivity contribution >= 4 is 15.9 Å². The summed E-state index contributed by atoms with van der Waals surface area (Å²) in [6.45, 7) is 1.47. The van der Waals surface area contributed by atoms with Crippen LogP contribution in [0.4, 0.5) is 0 Å². The summed E-state index contributed by atoms with van der Waals surface area (Å²) in [6.07, 6.45) is 1.76. The molecule has 1 heterocycles. The molecule has 12 heavy (non-hydrogen) atoms. The molecule has 0 aliphatic rings. The number of aromatic nitrogens is 1. The Morgan fingerprint density at radius 2 is 2.33 bits per heavy atom. The van der Waals surface area contributed by atoms with Gasteiger partial charge in [0.15, 0.2) is 0 Å². The number of halogens is 1. The van der Waals surface area contributed by atoms with Crippen molar-refractivity contribution in [1.82, 2.24) is 10.3 Å². The number of rotatable bonds is 4. The molecule has 1 aromatic heterocycles. The van der Waals surface area contributed by atoms with Crippen LogP contribution in [0.1, 0.15) is 5.69 Å². The van der Waals surface area contributed by atoms with Crippen LogP contribution in [-0.4, -0.2) is 23.2 Å². The highest BCUT2D eigenvalue weighted by Crippen LogP contribution is 2.06. The lowest BCUT2D eigenvalue weighted by Gasteiger charge is -2.01. The van der Waals surface area contributed by atoms with E-state index in [1.807, 2.05) is 12.1 Å². The molecule has 0 saturated carbocycles. The van der Waals surface area contributed by atoms with Gasteiger partial charge in [0.1, 0.15) is 0 Å². The smallest absolute Gasteiger partial charge is 0.0556 e. The average Bonchev–Trinajstić information content (AvgIpc) is 2.09. The molecule has 0 radical (unpaired) electrons. The molecule has 2 N–H and O–H groups in total. The molecular weight excluding hydrogens is 220 g/mol. The van der Waals surface area contributed by atoms with Gasteiger partial charge in [-0.3, -0.25) is 4.98 Å². The standard InChI is InChI=1S/C8H11BrN2O/c9-7-1-2-8(11-5-7)6-10-3-4-12/h1-2,5,10,12H,3-4,6H2. The number of hydrogen-bond acceptors (Lipinski definition) is 3. The molecule has 3 nitrogen and oxygen atoms in total. The quantitative estimate of drug-likeness (QED) is 0.757. The summed E-state index contributed by atoms with van der Waals surface area (Å²) in [4.78, 5) is 4.16. The van der Waals surface area contributed by atoms with Crippen LogP contribution in [0.2, 0.25) is 0 Å². The Balaban J connectivity index is 2.37. The van der Waals surface area contributed by atoms with Crippen molar-refractivity contribution in [3.05, 3.63) is 28.5 Å². The Morgan fingerprint density at radius 3 is 2.92 bits per heavy atom. The maximum Gasteiger partial charge on any atom is 0.0556 e. The summed E-state index contributed by atoms with van der Waals surface area (Å²) in [5.41, 5.74) is 0.978. The van der Waals surface area contributed by atoms with E-state index in [0.29, 0.717) is 13.1 Å². The maximum atomic E-state index is 8.50. The Bertz CT molecular complexity index is 225. The monoisotopic (exact) mass is 230 g/mol. The van der Waals surface area contributed by atoms with Gasteiger partial charge in [-0.1, -0.05) is 0 Å². The molecule has 1 rings (SSSR count). The van der Waals surface area contributed by atoms with Gasteiger partial charge in [-0.2, -0.15) is 0 Å². The van der Waals surface area contributed by atoms with Crippen LogP contribution in [0.15, 0.2) is 22.8 Å². The lowest BCUT2D eigenvalue weighted by molar-refractivity contribution is 0.291. The molecule has 66 valence electrons. The zero-order valence-corrected chi connectivity index (χ0v) is 8.21. The molecular formula is C8H11BrN2O. The Morgan fingerprint density at radius 1 is 1.50 bits per heavy atom. The fourth-order valence-corrected chi connectivity index (χ4v) is 1.04. The van der Waals surface area contributed by atoms with E-state index in [4.69, 9.17) is 5.11 Å². The Kier molecular flexibility index (Phi) is 4.21. The molecule has 0 fully saturated rings. The van der Waals surface area contributed by atoms with Gasteiger partial charge in [0.2, 0.25) is 0 Å². The summed E-state index contributed by atoms with van der Waals surface area (Å²) in [6, 6.07) is 3.89. The van der Waals surface area contributed by atoms with Crippen molar-refractivity contribution in [2.45, 2.75) is 6.54 Å². The van der Waals surface area contributed by atoms with E-state index in [0.717, 1.165) is 10.2 Å². The minimum Gasteiger partial charge on any atom is -0.395 e. The minimum atomic E-state index is 0.163. The molecule has 0 spiro atoms. The van der Waals surface area contributed by atoms with Gasteiger partial charge in [0.25, 0.3) is 0 Å². The fourth-order valence-electron chi connectivity index (χ4n) is 0.807. The minimum absolute atomic E-state index is 0.163. The van der Waals surface area contributed by atoms with Gasteiger partial charge >= 0.3 is 0 Å². The van der Waals surface area contributed by atoms with E-state index in [2.05, 4.69) is 26.2 Å². The van der Waals surface area contributed by atoms with E-state index < -0.39 is 0 Å². The van der Waals surface area contributed by atoms with E-state index >= 15 is 0 Å². The van der Waals surface area contributed by atoms with Gasteiger partial charge < -0.3 is 10.4 Å². The first-order valence-corrected chi connectivity index (χ1v) is 4.54. The van der Waals surface area contributed by atoms with Crippen molar-refractivity contribution in [3.63, 3.8) is 0 Å². The van der Waals surface area contributed by atoms with Gasteiger partial charge in [-0.25, -0.2) is 0 Å². The number of hydrogen-bond donors (Lipinski definition) is 2. The van der Waals surface area contributed by atoms with E-state index in [9.17, 15) is 0 Å². The van der Waals surface area contributed by atoms with Crippen LogP contribution in [0.3, 0.4) is 0 Å². The SMILES string of the molecule is OCCNCc1ccc(Br)cn1.